The minimum atomic E-state index is -4.22. The van der Waals surface area contributed by atoms with Crippen LogP contribution in [0.5, 0.6) is 0 Å². The molecule has 7 atom stereocenters. The molecular formula is C21H23N2O5S2+. The van der Waals surface area contributed by atoms with E-state index in [0.29, 0.717) is 46.9 Å². The van der Waals surface area contributed by atoms with Gasteiger partial charge in [0, 0.05) is 24.4 Å². The Kier molecular flexibility index (Phi) is 3.34. The normalized spacial score (nSPS) is 45.1. The van der Waals surface area contributed by atoms with Gasteiger partial charge in [-0.3, -0.25) is 9.35 Å². The molecule has 4 fully saturated rings. The van der Waals surface area contributed by atoms with Crippen LogP contribution in [-0.2, 0) is 24.1 Å². The van der Waals surface area contributed by atoms with Crippen LogP contribution in [0.2, 0.25) is 0 Å². The summed E-state index contributed by atoms with van der Waals surface area (Å²) in [5.41, 5.74) is 3.13. The van der Waals surface area contributed by atoms with E-state index < -0.39 is 9.15 Å². The number of anilines is 1. The molecule has 1 saturated carbocycles. The van der Waals surface area contributed by atoms with Crippen LogP contribution in [0.4, 0.5) is 5.69 Å². The van der Waals surface area contributed by atoms with Gasteiger partial charge in [-0.05, 0) is 23.1 Å². The quantitative estimate of drug-likeness (QED) is 0.246. The van der Waals surface area contributed by atoms with Gasteiger partial charge in [-0.15, -0.1) is 0 Å². The zero-order valence-electron chi connectivity index (χ0n) is 16.3. The summed E-state index contributed by atoms with van der Waals surface area (Å²) in [5.74, 6) is 0.648. The second-order valence-corrected chi connectivity index (χ2v) is 13.1. The number of fused-ring (bicyclic) bond motifs is 2. The number of hydrogen-bond donors (Lipinski definition) is 1. The molecule has 7 nitrogen and oxygen atoms in total. The Morgan fingerprint density at radius 2 is 2.13 bits per heavy atom. The average molecular weight is 448 g/mol. The molecule has 30 heavy (non-hydrogen) atoms. The standard InChI is InChI=1S/C21H22N2O5S2/c24-18-10-16-19-13-9-17-21(14-3-1-2-4-15(14)22(18)20(19)21)6-7-23(17,29-30(25,26)27)11-12(13)5-8-28-16/h1-5,13,16-17,19-20H,6-11H2/p+1/t13-,16-,17-,19-,20-,21+,23?/m0/s1. The molecule has 1 aromatic rings. The Morgan fingerprint density at radius 3 is 2.97 bits per heavy atom. The van der Waals surface area contributed by atoms with Gasteiger partial charge < -0.3 is 9.64 Å². The smallest absolute Gasteiger partial charge is 0.373 e. The van der Waals surface area contributed by atoms with E-state index in [4.69, 9.17) is 4.74 Å². The third-order valence-corrected chi connectivity index (χ3v) is 11.2. The number of carbonyl (C=O) groups is 1. The van der Waals surface area contributed by atoms with Crippen molar-refractivity contribution in [1.82, 2.24) is 0 Å². The summed E-state index contributed by atoms with van der Waals surface area (Å²) in [4.78, 5) is 15.4. The van der Waals surface area contributed by atoms with Crippen molar-refractivity contribution in [3.63, 3.8) is 0 Å². The molecule has 3 saturated heterocycles. The number of benzene rings is 1. The van der Waals surface area contributed by atoms with Crippen LogP contribution in [0.3, 0.4) is 0 Å². The highest BCUT2D eigenvalue weighted by atomic mass is 33.2. The topological polar surface area (TPSA) is 83.9 Å². The van der Waals surface area contributed by atoms with Crippen molar-refractivity contribution in [1.29, 1.82) is 0 Å². The number of hydrogen-bond acceptors (Lipinski definition) is 5. The van der Waals surface area contributed by atoms with Gasteiger partial charge in [0.05, 0.1) is 37.1 Å². The van der Waals surface area contributed by atoms with Gasteiger partial charge in [0.25, 0.3) is 0 Å². The molecule has 158 valence electrons. The highest BCUT2D eigenvalue weighted by Crippen LogP contribution is 2.69. The van der Waals surface area contributed by atoms with Crippen LogP contribution in [0.15, 0.2) is 35.9 Å². The van der Waals surface area contributed by atoms with Crippen molar-refractivity contribution in [2.24, 2.45) is 11.8 Å². The highest BCUT2D eigenvalue weighted by molar-refractivity contribution is 8.67. The van der Waals surface area contributed by atoms with Crippen LogP contribution < -0.4 is 4.90 Å². The molecule has 1 amide bonds. The Morgan fingerprint density at radius 1 is 1.30 bits per heavy atom. The summed E-state index contributed by atoms with van der Waals surface area (Å²) in [6.45, 7) is 1.76. The van der Waals surface area contributed by atoms with E-state index in [-0.39, 0.29) is 35.4 Å². The molecular weight excluding hydrogens is 424 g/mol. The lowest BCUT2D eigenvalue weighted by Gasteiger charge is -2.59. The minimum Gasteiger partial charge on any atom is -0.373 e. The van der Waals surface area contributed by atoms with Gasteiger partial charge in [-0.2, -0.15) is 8.42 Å². The molecule has 1 unspecified atom stereocenters. The van der Waals surface area contributed by atoms with E-state index in [2.05, 4.69) is 12.1 Å². The predicted octanol–water partition coefficient (Wildman–Crippen LogP) is 2.06. The monoisotopic (exact) mass is 447 g/mol. The molecule has 1 aromatic carbocycles. The fourth-order valence-electron chi connectivity index (χ4n) is 8.07. The SMILES string of the molecule is O=C1C[C@@H]2OCC=C3C[N+]4(SS(=O)(=O)O)CC[C@]56c7ccccc7N1[C@H]5[C@H]2[C@H]3C[C@@H]64. The number of rotatable bonds is 2. The van der Waals surface area contributed by atoms with Crippen molar-refractivity contribution < 1.29 is 26.4 Å². The molecule has 2 bridgehead atoms. The molecule has 9 heteroatoms. The van der Waals surface area contributed by atoms with Crippen LogP contribution in [0.25, 0.3) is 0 Å². The van der Waals surface area contributed by atoms with E-state index in [1.54, 1.807) is 0 Å². The molecule has 6 aliphatic rings. The third kappa shape index (κ3) is 1.99. The van der Waals surface area contributed by atoms with Crippen LogP contribution in [-0.4, -0.2) is 60.7 Å². The van der Waals surface area contributed by atoms with Crippen LogP contribution >= 0.6 is 11.0 Å². The second-order valence-electron chi connectivity index (χ2n) is 9.64. The van der Waals surface area contributed by atoms with Crippen LogP contribution in [0, 0.1) is 11.8 Å². The van der Waals surface area contributed by atoms with Crippen molar-refractivity contribution in [2.45, 2.75) is 42.9 Å². The van der Waals surface area contributed by atoms with Crippen molar-refractivity contribution in [3.05, 3.63) is 41.5 Å². The molecule has 0 aromatic heterocycles. The lowest BCUT2D eigenvalue weighted by Crippen LogP contribution is -2.71. The molecule has 1 N–H and O–H groups in total. The summed E-state index contributed by atoms with van der Waals surface area (Å²) in [6, 6.07) is 8.23. The largest absolute Gasteiger partial charge is 0.373 e. The van der Waals surface area contributed by atoms with E-state index in [9.17, 15) is 17.8 Å². The van der Waals surface area contributed by atoms with E-state index >= 15 is 0 Å². The number of nitrogens with zero attached hydrogens (tertiary/aromatic N) is 2. The zero-order valence-corrected chi connectivity index (χ0v) is 17.9. The maximum Gasteiger partial charge on any atom is 0.373 e. The van der Waals surface area contributed by atoms with Crippen LogP contribution in [0.1, 0.15) is 24.8 Å². The minimum absolute atomic E-state index is 0.00584. The molecule has 5 aliphatic heterocycles. The summed E-state index contributed by atoms with van der Waals surface area (Å²) in [5, 5.41) is 0. The summed E-state index contributed by atoms with van der Waals surface area (Å²) in [7, 11) is -3.51. The van der Waals surface area contributed by atoms with Gasteiger partial charge in [-0.25, -0.2) is 3.89 Å². The average Bonchev–Trinajstić information content (AvgIpc) is 3.11. The first-order chi connectivity index (χ1) is 14.3. The third-order valence-electron chi connectivity index (χ3n) is 8.74. The number of quaternary nitrogens is 1. The summed E-state index contributed by atoms with van der Waals surface area (Å²) >= 11 is 0. The number of piperidine rings is 2. The van der Waals surface area contributed by atoms with Crippen molar-refractivity contribution in [2.75, 3.05) is 24.6 Å². The van der Waals surface area contributed by atoms with Gasteiger partial charge >= 0.3 is 9.15 Å². The fourth-order valence-corrected chi connectivity index (χ4v) is 11.0. The first kappa shape index (κ1) is 18.2. The maximum atomic E-state index is 13.4. The number of amides is 1. The van der Waals surface area contributed by atoms with Crippen molar-refractivity contribution in [3.8, 4) is 0 Å². The molecule has 1 spiro atoms. The van der Waals surface area contributed by atoms with Gasteiger partial charge in [-0.1, -0.05) is 24.3 Å². The van der Waals surface area contributed by atoms with Gasteiger partial charge in [0.1, 0.15) is 12.6 Å². The van der Waals surface area contributed by atoms with E-state index in [1.165, 1.54) is 11.1 Å². The summed E-state index contributed by atoms with van der Waals surface area (Å²) < 4.78 is 40.6. The number of carbonyl (C=O) groups excluding carboxylic acids is 1. The predicted molar refractivity (Wildman–Crippen MR) is 111 cm³/mol. The fraction of sp³-hybridized carbons (Fsp3) is 0.571. The van der Waals surface area contributed by atoms with E-state index in [1.807, 2.05) is 23.1 Å². The zero-order chi connectivity index (χ0) is 20.5. The second kappa shape index (κ2) is 5.50. The highest BCUT2D eigenvalue weighted by Gasteiger charge is 2.77. The number of ether oxygens (including phenoxy) is 1. The first-order valence-corrected chi connectivity index (χ1v) is 13.3. The Balaban J connectivity index is 1.52. The Bertz CT molecular complexity index is 1140. The Hall–Kier alpha value is -1.39. The number of para-hydroxylation sites is 1. The molecule has 7 rings (SSSR count). The maximum absolute atomic E-state index is 13.4. The first-order valence-electron chi connectivity index (χ1n) is 10.6. The molecule has 0 radical (unpaired) electrons. The molecule has 5 heterocycles. The summed E-state index contributed by atoms with van der Waals surface area (Å²) in [6.07, 6.45) is 4.14. The van der Waals surface area contributed by atoms with E-state index in [0.717, 1.165) is 18.5 Å². The Labute approximate surface area is 178 Å². The lowest BCUT2D eigenvalue weighted by atomic mass is 9.53. The van der Waals surface area contributed by atoms with Gasteiger partial charge in [0.15, 0.2) is 0 Å². The molecule has 1 aliphatic carbocycles. The van der Waals surface area contributed by atoms with Crippen molar-refractivity contribution >= 4 is 31.7 Å². The lowest BCUT2D eigenvalue weighted by molar-refractivity contribution is -0.812. The van der Waals surface area contributed by atoms with Gasteiger partial charge in [0.2, 0.25) is 16.9 Å².